The second-order valence-electron chi connectivity index (χ2n) is 6.87. The topological polar surface area (TPSA) is 49.5 Å². The summed E-state index contributed by atoms with van der Waals surface area (Å²) in [6.07, 6.45) is 13.5. The molecule has 0 aliphatic rings. The summed E-state index contributed by atoms with van der Waals surface area (Å²) in [6.45, 7) is 9.58. The molecule has 0 aromatic rings. The van der Waals surface area contributed by atoms with E-state index in [-0.39, 0.29) is 0 Å². The van der Waals surface area contributed by atoms with Gasteiger partial charge in [0.1, 0.15) is 4.91 Å². The summed E-state index contributed by atoms with van der Waals surface area (Å²) >= 11 is 0. The Morgan fingerprint density at radius 1 is 1.00 bits per heavy atom. The van der Waals surface area contributed by atoms with Gasteiger partial charge in [-0.2, -0.15) is 4.84 Å². The molecular weight excluding hydrogens is 278 g/mol. The third-order valence-corrected chi connectivity index (χ3v) is 5.20. The SMILES string of the molecule is CCCCCC(CCCC)C(C)(CC)CCCCO[N+](=O)O. The van der Waals surface area contributed by atoms with Gasteiger partial charge in [0.15, 0.2) is 6.61 Å². The molecule has 0 spiro atoms. The quantitative estimate of drug-likeness (QED) is 0.295. The molecule has 0 heterocycles. The number of hydrogen-bond acceptors (Lipinski definition) is 2. The Morgan fingerprint density at radius 3 is 2.18 bits per heavy atom. The Kier molecular flexibility index (Phi) is 12.3. The van der Waals surface area contributed by atoms with E-state index in [1.165, 1.54) is 57.8 Å². The molecule has 4 nitrogen and oxygen atoms in total. The van der Waals surface area contributed by atoms with Crippen molar-refractivity contribution >= 4 is 0 Å². The van der Waals surface area contributed by atoms with Crippen molar-refractivity contribution in [2.45, 2.75) is 98.3 Å². The van der Waals surface area contributed by atoms with Gasteiger partial charge in [0.05, 0.1) is 0 Å². The lowest BCUT2D eigenvalue weighted by Crippen LogP contribution is -2.27. The van der Waals surface area contributed by atoms with Gasteiger partial charge in [-0.25, -0.2) is 5.21 Å². The molecule has 0 radical (unpaired) electrons. The molecule has 0 aromatic heterocycles. The summed E-state index contributed by atoms with van der Waals surface area (Å²) < 4.78 is 0. The second-order valence-corrected chi connectivity index (χ2v) is 6.87. The molecule has 4 heteroatoms. The maximum Gasteiger partial charge on any atom is 0.475 e. The molecule has 22 heavy (non-hydrogen) atoms. The van der Waals surface area contributed by atoms with Gasteiger partial charge in [-0.05, 0) is 43.4 Å². The summed E-state index contributed by atoms with van der Waals surface area (Å²) in [6, 6.07) is 0. The fraction of sp³-hybridized carbons (Fsp3) is 1.00. The van der Waals surface area contributed by atoms with Crippen LogP contribution in [0.5, 0.6) is 0 Å². The first-order chi connectivity index (χ1) is 10.5. The van der Waals surface area contributed by atoms with Crippen LogP contribution in [0.15, 0.2) is 0 Å². The zero-order valence-corrected chi connectivity index (χ0v) is 15.3. The Labute approximate surface area is 137 Å². The van der Waals surface area contributed by atoms with Gasteiger partial charge in [0, 0.05) is 0 Å². The Hall–Kier alpha value is -0.800. The Bertz CT molecular complexity index is 284. The largest absolute Gasteiger partial charge is 0.475 e. The van der Waals surface area contributed by atoms with Gasteiger partial charge in [-0.3, -0.25) is 0 Å². The lowest BCUT2D eigenvalue weighted by Gasteiger charge is -2.38. The van der Waals surface area contributed by atoms with Crippen molar-refractivity contribution in [3.63, 3.8) is 0 Å². The zero-order valence-electron chi connectivity index (χ0n) is 15.3. The Balaban J connectivity index is 4.38. The minimum absolute atomic E-state index is 0.301. The van der Waals surface area contributed by atoms with Crippen molar-refractivity contribution in [2.24, 2.45) is 11.3 Å². The number of rotatable bonds is 15. The lowest BCUT2D eigenvalue weighted by atomic mass is 9.68. The van der Waals surface area contributed by atoms with Crippen LogP contribution in [0.25, 0.3) is 0 Å². The van der Waals surface area contributed by atoms with E-state index in [0.29, 0.717) is 12.0 Å². The summed E-state index contributed by atoms with van der Waals surface area (Å²) in [5, 5.41) is 7.98. The molecular formula is C18H38NO3+. The summed E-state index contributed by atoms with van der Waals surface area (Å²) in [7, 11) is 0. The second kappa shape index (κ2) is 12.7. The molecule has 2 unspecified atom stereocenters. The molecule has 0 amide bonds. The standard InChI is InChI=1S/C18H38NO3/c1-5-8-10-14-17(13-9-6-2)18(4,7-3)15-11-12-16-22-19(20)21/h17H,5-16H2,1-4H3,(H,20,21)/q+1. The average Bonchev–Trinajstić information content (AvgIpc) is 2.49. The molecule has 0 aliphatic carbocycles. The van der Waals surface area contributed by atoms with Gasteiger partial charge >= 0.3 is 5.09 Å². The summed E-state index contributed by atoms with van der Waals surface area (Å²) in [5.41, 5.74) is 0.388. The van der Waals surface area contributed by atoms with E-state index in [0.717, 1.165) is 18.8 Å². The van der Waals surface area contributed by atoms with Gasteiger partial charge in [0.2, 0.25) is 0 Å². The summed E-state index contributed by atoms with van der Waals surface area (Å²) in [4.78, 5) is 14.8. The first-order valence-corrected chi connectivity index (χ1v) is 9.29. The smallest absolute Gasteiger partial charge is 0.200 e. The maximum atomic E-state index is 10.3. The Morgan fingerprint density at radius 2 is 1.64 bits per heavy atom. The number of hydrogen-bond donors (Lipinski definition) is 1. The van der Waals surface area contributed by atoms with Crippen LogP contribution in [-0.4, -0.2) is 16.9 Å². The summed E-state index contributed by atoms with van der Waals surface area (Å²) in [5.74, 6) is 0.804. The third-order valence-electron chi connectivity index (χ3n) is 5.20. The fourth-order valence-corrected chi connectivity index (χ4v) is 3.38. The first kappa shape index (κ1) is 21.2. The highest BCUT2D eigenvalue weighted by Gasteiger charge is 2.31. The van der Waals surface area contributed by atoms with E-state index in [9.17, 15) is 4.91 Å². The van der Waals surface area contributed by atoms with E-state index < -0.39 is 5.09 Å². The maximum absolute atomic E-state index is 10.3. The van der Waals surface area contributed by atoms with E-state index in [2.05, 4.69) is 32.5 Å². The van der Waals surface area contributed by atoms with E-state index in [1.54, 1.807) is 0 Å². The van der Waals surface area contributed by atoms with Gasteiger partial charge in [0.25, 0.3) is 0 Å². The van der Waals surface area contributed by atoms with Crippen LogP contribution in [0.1, 0.15) is 98.3 Å². The minimum atomic E-state index is -0.437. The number of unbranched alkanes of at least 4 members (excludes halogenated alkanes) is 4. The highest BCUT2D eigenvalue weighted by atomic mass is 16.9. The third kappa shape index (κ3) is 9.26. The molecule has 0 aromatic carbocycles. The van der Waals surface area contributed by atoms with E-state index in [4.69, 9.17) is 5.21 Å². The lowest BCUT2D eigenvalue weighted by molar-refractivity contribution is -0.975. The van der Waals surface area contributed by atoms with E-state index >= 15 is 0 Å². The van der Waals surface area contributed by atoms with Crippen molar-refractivity contribution in [1.29, 1.82) is 0 Å². The van der Waals surface area contributed by atoms with Crippen LogP contribution in [0.4, 0.5) is 0 Å². The highest BCUT2D eigenvalue weighted by Crippen LogP contribution is 2.42. The van der Waals surface area contributed by atoms with Crippen LogP contribution >= 0.6 is 0 Å². The molecule has 0 saturated carbocycles. The predicted octanol–water partition coefficient (Wildman–Crippen LogP) is 6.06. The fourth-order valence-electron chi connectivity index (χ4n) is 3.38. The average molecular weight is 317 g/mol. The number of nitrogens with zero attached hydrogens (tertiary/aromatic N) is 1. The molecule has 1 N–H and O–H groups in total. The van der Waals surface area contributed by atoms with Crippen LogP contribution in [0, 0.1) is 16.2 Å². The van der Waals surface area contributed by atoms with Crippen LogP contribution in [-0.2, 0) is 4.84 Å². The molecule has 0 fully saturated rings. The van der Waals surface area contributed by atoms with Gasteiger partial charge < -0.3 is 0 Å². The van der Waals surface area contributed by atoms with Gasteiger partial charge in [-0.1, -0.05) is 66.2 Å². The van der Waals surface area contributed by atoms with Crippen molar-refractivity contribution in [3.8, 4) is 0 Å². The molecule has 0 saturated heterocycles. The molecule has 2 atom stereocenters. The monoisotopic (exact) mass is 316 g/mol. The molecule has 0 rings (SSSR count). The highest BCUT2D eigenvalue weighted by molar-refractivity contribution is 4.81. The molecule has 132 valence electrons. The molecule has 0 aliphatic heterocycles. The molecule has 0 bridgehead atoms. The predicted molar refractivity (Wildman–Crippen MR) is 90.8 cm³/mol. The van der Waals surface area contributed by atoms with Crippen LogP contribution < -0.4 is 0 Å². The first-order valence-electron chi connectivity index (χ1n) is 9.29. The van der Waals surface area contributed by atoms with Gasteiger partial charge in [-0.15, -0.1) is 0 Å². The van der Waals surface area contributed by atoms with Crippen molar-refractivity contribution < 1.29 is 15.1 Å². The van der Waals surface area contributed by atoms with Crippen LogP contribution in [0.2, 0.25) is 0 Å². The van der Waals surface area contributed by atoms with Crippen LogP contribution in [0.3, 0.4) is 0 Å². The van der Waals surface area contributed by atoms with Crippen molar-refractivity contribution in [3.05, 3.63) is 4.91 Å². The van der Waals surface area contributed by atoms with Crippen molar-refractivity contribution in [2.75, 3.05) is 6.61 Å². The minimum Gasteiger partial charge on any atom is -0.200 e. The zero-order chi connectivity index (χ0) is 16.8. The van der Waals surface area contributed by atoms with Crippen molar-refractivity contribution in [1.82, 2.24) is 0 Å². The normalized spacial score (nSPS) is 15.3. The van der Waals surface area contributed by atoms with E-state index in [1.807, 2.05) is 0 Å².